The summed E-state index contributed by atoms with van der Waals surface area (Å²) in [7, 11) is -7.87. The summed E-state index contributed by atoms with van der Waals surface area (Å²) < 4.78 is 61.6. The van der Waals surface area contributed by atoms with E-state index in [4.69, 9.17) is 5.73 Å². The van der Waals surface area contributed by atoms with Gasteiger partial charge in [-0.15, -0.1) is 0 Å². The highest BCUT2D eigenvalue weighted by Gasteiger charge is 2.21. The van der Waals surface area contributed by atoms with Gasteiger partial charge in [0, 0.05) is 6.26 Å². The summed E-state index contributed by atoms with van der Waals surface area (Å²) in [4.78, 5) is -1.19. The highest BCUT2D eigenvalue weighted by atomic mass is 32.2. The van der Waals surface area contributed by atoms with Crippen LogP contribution in [0.3, 0.4) is 0 Å². The quantitative estimate of drug-likeness (QED) is 0.573. The second-order valence-corrected chi connectivity index (χ2v) is 7.93. The number of hydrogen-bond acceptors (Lipinski definition) is 5. The van der Waals surface area contributed by atoms with Gasteiger partial charge in [-0.2, -0.15) is 0 Å². The van der Waals surface area contributed by atoms with E-state index in [0.717, 1.165) is 24.5 Å². The highest BCUT2D eigenvalue weighted by molar-refractivity contribution is 7.91. The van der Waals surface area contributed by atoms with Gasteiger partial charge in [0.2, 0.25) is 10.0 Å². The predicted octanol–water partition coefficient (Wildman–Crippen LogP) is -0.206. The van der Waals surface area contributed by atoms with E-state index in [0.29, 0.717) is 0 Å². The molecule has 0 aliphatic carbocycles. The van der Waals surface area contributed by atoms with E-state index in [-0.39, 0.29) is 16.4 Å². The summed E-state index contributed by atoms with van der Waals surface area (Å²) in [6.45, 7) is -0.347. The largest absolute Gasteiger partial charge is 0.392 e. The number of hydrogen-bond donors (Lipinski definition) is 2. The number of thiocarbonyl (C=S) groups is 1. The van der Waals surface area contributed by atoms with E-state index in [1.165, 1.54) is 0 Å². The molecule has 1 aromatic rings. The average molecular weight is 326 g/mol. The van der Waals surface area contributed by atoms with Crippen LogP contribution < -0.4 is 10.5 Å². The minimum Gasteiger partial charge on any atom is -0.392 e. The number of rotatable bonds is 5. The number of sulfone groups is 1. The fourth-order valence-electron chi connectivity index (χ4n) is 1.16. The minimum absolute atomic E-state index is 0.122. The van der Waals surface area contributed by atoms with Gasteiger partial charge in [-0.1, -0.05) is 12.2 Å². The molecule has 0 aliphatic heterocycles. The number of benzene rings is 1. The van der Waals surface area contributed by atoms with Crippen LogP contribution >= 0.6 is 12.2 Å². The summed E-state index contributed by atoms with van der Waals surface area (Å²) in [6.07, 6.45) is 0.888. The van der Waals surface area contributed by atoms with Crippen molar-refractivity contribution in [2.24, 2.45) is 5.73 Å². The number of halogens is 1. The minimum atomic E-state index is -4.23. The zero-order valence-electron chi connectivity index (χ0n) is 9.75. The van der Waals surface area contributed by atoms with Crippen LogP contribution in [0.1, 0.15) is 0 Å². The van der Waals surface area contributed by atoms with E-state index >= 15 is 0 Å². The van der Waals surface area contributed by atoms with Crippen LogP contribution in [0.25, 0.3) is 0 Å². The summed E-state index contributed by atoms with van der Waals surface area (Å²) in [5.41, 5.74) is 5.13. The molecule has 0 radical (unpaired) electrons. The molecule has 3 N–H and O–H groups in total. The van der Waals surface area contributed by atoms with Gasteiger partial charge in [0.15, 0.2) is 9.84 Å². The molecular weight excluding hydrogens is 315 g/mol. The Morgan fingerprint density at radius 2 is 1.95 bits per heavy atom. The zero-order valence-corrected chi connectivity index (χ0v) is 12.2. The first-order valence-corrected chi connectivity index (χ1v) is 8.60. The van der Waals surface area contributed by atoms with E-state index < -0.39 is 30.6 Å². The first-order valence-electron chi connectivity index (χ1n) is 4.81. The summed E-state index contributed by atoms with van der Waals surface area (Å²) >= 11 is 4.49. The molecule has 10 heteroatoms. The second kappa shape index (κ2) is 5.49. The Hall–Kier alpha value is -1.10. The number of nitrogens with two attached hydrogens (primary N) is 1. The molecule has 0 aliphatic rings. The Labute approximate surface area is 115 Å². The fourth-order valence-corrected chi connectivity index (χ4v) is 3.16. The van der Waals surface area contributed by atoms with Crippen molar-refractivity contribution in [3.63, 3.8) is 0 Å². The standard InChI is InChI=1S/C9H11FN2O4S3/c1-18(13,14)6-2-3-7(10)8(4-6)19(15,16)12-5-9(11)17/h2-4,12H,5H2,1H3,(H2,11,17). The fraction of sp³-hybridized carbons (Fsp3) is 0.222. The van der Waals surface area contributed by atoms with Crippen LogP contribution in [0.2, 0.25) is 0 Å². The molecule has 0 aromatic heterocycles. The summed E-state index contributed by atoms with van der Waals surface area (Å²) in [5.74, 6) is -1.07. The zero-order chi connectivity index (χ0) is 14.8. The molecule has 0 bridgehead atoms. The smallest absolute Gasteiger partial charge is 0.243 e. The lowest BCUT2D eigenvalue weighted by molar-refractivity contribution is 0.558. The maximum atomic E-state index is 13.5. The van der Waals surface area contributed by atoms with Crippen LogP contribution in [0.5, 0.6) is 0 Å². The number of sulfonamides is 1. The SMILES string of the molecule is CS(=O)(=O)c1ccc(F)c(S(=O)(=O)NCC(N)=S)c1. The van der Waals surface area contributed by atoms with Crippen LogP contribution in [-0.4, -0.2) is 34.6 Å². The molecule has 1 aromatic carbocycles. The lowest BCUT2D eigenvalue weighted by Crippen LogP contribution is -2.32. The van der Waals surface area contributed by atoms with E-state index in [2.05, 4.69) is 12.2 Å². The Morgan fingerprint density at radius 3 is 2.42 bits per heavy atom. The molecule has 106 valence electrons. The first-order chi connectivity index (χ1) is 8.54. The van der Waals surface area contributed by atoms with Crippen LogP contribution in [0, 0.1) is 5.82 Å². The Balaban J connectivity index is 3.30. The van der Waals surface area contributed by atoms with Crippen molar-refractivity contribution in [1.82, 2.24) is 4.72 Å². The molecule has 1 rings (SSSR count). The van der Waals surface area contributed by atoms with Crippen molar-refractivity contribution in [3.05, 3.63) is 24.0 Å². The van der Waals surface area contributed by atoms with Crippen molar-refractivity contribution in [2.75, 3.05) is 12.8 Å². The summed E-state index contributed by atoms with van der Waals surface area (Å²) in [6, 6.07) is 2.50. The van der Waals surface area contributed by atoms with Gasteiger partial charge in [0.25, 0.3) is 0 Å². The predicted molar refractivity (Wildman–Crippen MR) is 71.5 cm³/mol. The van der Waals surface area contributed by atoms with Gasteiger partial charge >= 0.3 is 0 Å². The molecule has 0 spiro atoms. The maximum absolute atomic E-state index is 13.5. The van der Waals surface area contributed by atoms with E-state index in [1.807, 2.05) is 4.72 Å². The average Bonchev–Trinajstić information content (AvgIpc) is 2.25. The van der Waals surface area contributed by atoms with Gasteiger partial charge in [0.05, 0.1) is 16.4 Å². The van der Waals surface area contributed by atoms with Crippen molar-refractivity contribution in [1.29, 1.82) is 0 Å². The molecule has 0 unspecified atom stereocenters. The molecule has 0 saturated carbocycles. The topological polar surface area (TPSA) is 106 Å². The van der Waals surface area contributed by atoms with Gasteiger partial charge in [-0.3, -0.25) is 0 Å². The lowest BCUT2D eigenvalue weighted by atomic mass is 10.3. The molecule has 0 saturated heterocycles. The van der Waals surface area contributed by atoms with Crippen LogP contribution in [-0.2, 0) is 19.9 Å². The normalized spacial score (nSPS) is 12.3. The first kappa shape index (κ1) is 16.0. The van der Waals surface area contributed by atoms with Crippen LogP contribution in [0.4, 0.5) is 4.39 Å². The van der Waals surface area contributed by atoms with Gasteiger partial charge in [-0.05, 0) is 18.2 Å². The van der Waals surface area contributed by atoms with Crippen molar-refractivity contribution in [3.8, 4) is 0 Å². The van der Waals surface area contributed by atoms with Crippen LogP contribution in [0.15, 0.2) is 28.0 Å². The van der Waals surface area contributed by atoms with Crippen molar-refractivity contribution in [2.45, 2.75) is 9.79 Å². The monoisotopic (exact) mass is 326 g/mol. The second-order valence-electron chi connectivity index (χ2n) is 3.66. The Bertz CT molecular complexity index is 713. The summed E-state index contributed by atoms with van der Waals surface area (Å²) in [5, 5.41) is 0. The molecule has 6 nitrogen and oxygen atoms in total. The van der Waals surface area contributed by atoms with Gasteiger partial charge in [-0.25, -0.2) is 25.9 Å². The third kappa shape index (κ3) is 4.20. The molecule has 19 heavy (non-hydrogen) atoms. The maximum Gasteiger partial charge on any atom is 0.243 e. The molecule has 0 amide bonds. The van der Waals surface area contributed by atoms with Gasteiger partial charge < -0.3 is 5.73 Å². The number of nitrogens with one attached hydrogen (secondary N) is 1. The van der Waals surface area contributed by atoms with Crippen molar-refractivity contribution < 1.29 is 21.2 Å². The molecule has 0 fully saturated rings. The molecule has 0 atom stereocenters. The molecular formula is C9H11FN2O4S3. The third-order valence-corrected chi connectivity index (χ3v) is 4.73. The van der Waals surface area contributed by atoms with Gasteiger partial charge in [0.1, 0.15) is 10.7 Å². The van der Waals surface area contributed by atoms with Crippen molar-refractivity contribution >= 4 is 37.1 Å². The Morgan fingerprint density at radius 1 is 1.37 bits per heavy atom. The van der Waals surface area contributed by atoms with E-state index in [1.54, 1.807) is 0 Å². The van der Waals surface area contributed by atoms with E-state index in [9.17, 15) is 21.2 Å². The molecule has 0 heterocycles. The highest BCUT2D eigenvalue weighted by Crippen LogP contribution is 2.19. The third-order valence-electron chi connectivity index (χ3n) is 2.06. The lowest BCUT2D eigenvalue weighted by Gasteiger charge is -2.08. The Kier molecular flexibility index (Phi) is 4.61.